The molecule has 2 rings (SSSR count). The number of hydrogen-bond donors (Lipinski definition) is 0. The van der Waals surface area contributed by atoms with Gasteiger partial charge in [-0.3, -0.25) is 4.90 Å². The Morgan fingerprint density at radius 2 is 2.00 bits per heavy atom. The average molecular weight is 211 g/mol. The summed E-state index contributed by atoms with van der Waals surface area (Å²) in [6, 6.07) is 0.617. The molecule has 1 saturated carbocycles. The Morgan fingerprint density at radius 1 is 1.27 bits per heavy atom. The van der Waals surface area contributed by atoms with E-state index in [2.05, 4.69) is 32.6 Å². The molecule has 1 aliphatic carbocycles. The van der Waals surface area contributed by atoms with E-state index in [1.54, 1.807) is 0 Å². The lowest BCUT2D eigenvalue weighted by molar-refractivity contribution is -0.131. The molecule has 0 aromatic carbocycles. The van der Waals surface area contributed by atoms with Crippen molar-refractivity contribution in [1.82, 2.24) is 4.90 Å². The molecule has 0 amide bonds. The zero-order valence-corrected chi connectivity index (χ0v) is 10.6. The summed E-state index contributed by atoms with van der Waals surface area (Å²) in [7, 11) is 0. The summed E-state index contributed by atoms with van der Waals surface area (Å²) in [5.74, 6) is 1.48. The zero-order valence-electron chi connectivity index (χ0n) is 10.6. The molecular weight excluding hydrogens is 186 g/mol. The number of hydrogen-bond acceptors (Lipinski definition) is 2. The van der Waals surface area contributed by atoms with Crippen molar-refractivity contribution >= 4 is 0 Å². The molecule has 0 bridgehead atoms. The molecule has 1 aliphatic heterocycles. The van der Waals surface area contributed by atoms with E-state index in [-0.39, 0.29) is 5.72 Å². The van der Waals surface area contributed by atoms with Gasteiger partial charge in [-0.2, -0.15) is 0 Å². The minimum atomic E-state index is 0.0995. The van der Waals surface area contributed by atoms with Crippen LogP contribution in [0.1, 0.15) is 47.0 Å². The molecule has 0 N–H and O–H groups in total. The first-order valence-corrected chi connectivity index (χ1v) is 6.48. The van der Waals surface area contributed by atoms with Gasteiger partial charge >= 0.3 is 0 Å². The van der Waals surface area contributed by atoms with E-state index in [0.29, 0.717) is 6.04 Å². The molecule has 88 valence electrons. The minimum absolute atomic E-state index is 0.0995. The highest BCUT2D eigenvalue weighted by atomic mass is 16.5. The average Bonchev–Trinajstić information content (AvgIpc) is 2.74. The van der Waals surface area contributed by atoms with Crippen LogP contribution in [-0.4, -0.2) is 29.8 Å². The summed E-state index contributed by atoms with van der Waals surface area (Å²) in [6.07, 6.45) is 3.93. The van der Waals surface area contributed by atoms with Crippen LogP contribution in [0.5, 0.6) is 0 Å². The van der Waals surface area contributed by atoms with Crippen molar-refractivity contribution in [2.24, 2.45) is 11.8 Å². The predicted molar refractivity (Wildman–Crippen MR) is 62.7 cm³/mol. The lowest BCUT2D eigenvalue weighted by Gasteiger charge is -2.42. The maximum atomic E-state index is 6.18. The normalized spacial score (nSPS) is 37.6. The van der Waals surface area contributed by atoms with Crippen molar-refractivity contribution in [1.29, 1.82) is 0 Å². The highest BCUT2D eigenvalue weighted by molar-refractivity contribution is 4.99. The van der Waals surface area contributed by atoms with Crippen molar-refractivity contribution in [3.63, 3.8) is 0 Å². The molecule has 0 aromatic rings. The summed E-state index contributed by atoms with van der Waals surface area (Å²) in [6.45, 7) is 11.3. The quantitative estimate of drug-likeness (QED) is 0.696. The Labute approximate surface area is 94.0 Å². The number of ether oxygens (including phenoxy) is 1. The maximum Gasteiger partial charge on any atom is 0.125 e. The van der Waals surface area contributed by atoms with Gasteiger partial charge in [-0.25, -0.2) is 0 Å². The van der Waals surface area contributed by atoms with Gasteiger partial charge in [0.15, 0.2) is 0 Å². The molecule has 2 nitrogen and oxygen atoms in total. The van der Waals surface area contributed by atoms with Crippen molar-refractivity contribution in [2.75, 3.05) is 13.2 Å². The van der Waals surface area contributed by atoms with Gasteiger partial charge in [0.1, 0.15) is 5.72 Å². The molecule has 0 unspecified atom stereocenters. The predicted octanol–water partition coefficient (Wildman–Crippen LogP) is 2.88. The maximum absolute atomic E-state index is 6.18. The van der Waals surface area contributed by atoms with Gasteiger partial charge in [0.25, 0.3) is 0 Å². The van der Waals surface area contributed by atoms with Crippen LogP contribution < -0.4 is 0 Å². The minimum Gasteiger partial charge on any atom is -0.359 e. The third kappa shape index (κ3) is 1.72. The fourth-order valence-corrected chi connectivity index (χ4v) is 3.66. The molecule has 0 radical (unpaired) electrons. The Kier molecular flexibility index (Phi) is 3.09. The molecule has 2 aliphatic rings. The second kappa shape index (κ2) is 4.06. The first kappa shape index (κ1) is 11.4. The van der Waals surface area contributed by atoms with Gasteiger partial charge < -0.3 is 4.74 Å². The van der Waals surface area contributed by atoms with Crippen molar-refractivity contribution in [2.45, 2.75) is 58.7 Å². The lowest BCUT2D eigenvalue weighted by atomic mass is 9.86. The van der Waals surface area contributed by atoms with E-state index in [1.165, 1.54) is 19.3 Å². The van der Waals surface area contributed by atoms with Crippen LogP contribution in [0.4, 0.5) is 0 Å². The Hall–Kier alpha value is -0.0800. The van der Waals surface area contributed by atoms with E-state index in [1.807, 2.05) is 0 Å². The van der Waals surface area contributed by atoms with Gasteiger partial charge in [-0.15, -0.1) is 0 Å². The Morgan fingerprint density at radius 3 is 2.60 bits per heavy atom. The first-order chi connectivity index (χ1) is 7.08. The second-order valence-electron chi connectivity index (χ2n) is 5.72. The summed E-state index contributed by atoms with van der Waals surface area (Å²) in [4.78, 5) is 2.60. The fourth-order valence-electron chi connectivity index (χ4n) is 3.66. The summed E-state index contributed by atoms with van der Waals surface area (Å²) in [5.41, 5.74) is 0.0995. The molecule has 0 aromatic heterocycles. The van der Waals surface area contributed by atoms with Crippen molar-refractivity contribution < 1.29 is 4.74 Å². The topological polar surface area (TPSA) is 12.5 Å². The summed E-state index contributed by atoms with van der Waals surface area (Å²) >= 11 is 0. The summed E-state index contributed by atoms with van der Waals surface area (Å²) < 4.78 is 6.18. The molecule has 15 heavy (non-hydrogen) atoms. The van der Waals surface area contributed by atoms with E-state index < -0.39 is 0 Å². The molecule has 2 atom stereocenters. The van der Waals surface area contributed by atoms with Crippen LogP contribution in [0, 0.1) is 11.8 Å². The largest absolute Gasteiger partial charge is 0.359 e. The third-order valence-electron chi connectivity index (χ3n) is 4.23. The van der Waals surface area contributed by atoms with Gasteiger partial charge in [-0.1, -0.05) is 13.8 Å². The van der Waals surface area contributed by atoms with Gasteiger partial charge in [-0.05, 0) is 39.0 Å². The van der Waals surface area contributed by atoms with E-state index >= 15 is 0 Å². The van der Waals surface area contributed by atoms with Crippen LogP contribution in [0.15, 0.2) is 0 Å². The standard InChI is InChI=1S/C13H25NO/c1-10(2)12-6-5-7-13(12)14(11(3)4)8-9-15-13/h10-12H,5-9H2,1-4H3/t12-,13+/m1/s1. The monoisotopic (exact) mass is 211 g/mol. The van der Waals surface area contributed by atoms with E-state index in [9.17, 15) is 0 Å². The molecule has 1 saturated heterocycles. The van der Waals surface area contributed by atoms with E-state index in [0.717, 1.165) is 25.0 Å². The highest BCUT2D eigenvalue weighted by Gasteiger charge is 2.52. The van der Waals surface area contributed by atoms with Crippen molar-refractivity contribution in [3.8, 4) is 0 Å². The lowest BCUT2D eigenvalue weighted by Crippen LogP contribution is -2.52. The van der Waals surface area contributed by atoms with Crippen LogP contribution in [0.25, 0.3) is 0 Å². The number of nitrogens with zero attached hydrogens (tertiary/aromatic N) is 1. The smallest absolute Gasteiger partial charge is 0.125 e. The molecule has 2 fully saturated rings. The van der Waals surface area contributed by atoms with E-state index in [4.69, 9.17) is 4.74 Å². The van der Waals surface area contributed by atoms with Crippen LogP contribution in [-0.2, 0) is 4.74 Å². The van der Waals surface area contributed by atoms with Crippen LogP contribution >= 0.6 is 0 Å². The van der Waals surface area contributed by atoms with Gasteiger partial charge in [0, 0.05) is 18.5 Å². The van der Waals surface area contributed by atoms with Crippen molar-refractivity contribution in [3.05, 3.63) is 0 Å². The second-order valence-corrected chi connectivity index (χ2v) is 5.72. The number of rotatable bonds is 2. The first-order valence-electron chi connectivity index (χ1n) is 6.48. The Balaban J connectivity index is 2.23. The molecule has 1 heterocycles. The molecular formula is C13H25NO. The van der Waals surface area contributed by atoms with Gasteiger partial charge in [0.2, 0.25) is 0 Å². The van der Waals surface area contributed by atoms with Gasteiger partial charge in [0.05, 0.1) is 6.61 Å². The SMILES string of the molecule is CC(C)[C@H]1CCC[C@]12OCCN2C(C)C. The molecule has 2 heteroatoms. The summed E-state index contributed by atoms with van der Waals surface area (Å²) in [5, 5.41) is 0. The fraction of sp³-hybridized carbons (Fsp3) is 1.00. The van der Waals surface area contributed by atoms with Crippen LogP contribution in [0.2, 0.25) is 0 Å². The molecule has 1 spiro atoms. The van der Waals surface area contributed by atoms with Crippen LogP contribution in [0.3, 0.4) is 0 Å². The Bertz CT molecular complexity index is 201. The third-order valence-corrected chi connectivity index (χ3v) is 4.23. The highest BCUT2D eigenvalue weighted by Crippen LogP contribution is 2.47. The zero-order chi connectivity index (χ0) is 11.1.